The zero-order valence-electron chi connectivity index (χ0n) is 16.4. The molecule has 4 rings (SSSR count). The van der Waals surface area contributed by atoms with Gasteiger partial charge in [0.25, 0.3) is 5.91 Å². The standard InChI is InChI=1S/C22H14Cl2N2O5S/c1-30-18-6-3-12(23)9-16(18)25-22-26-20(27)19(32-22)10-13-4-7-17(31-13)11-2-5-15(24)14(8-11)21(28)29/h2-10H,1H3,(H,28,29)(H,25,26,27)/b19-10-. The summed E-state index contributed by atoms with van der Waals surface area (Å²) in [6, 6.07) is 13.0. The smallest absolute Gasteiger partial charge is 0.337 e. The lowest BCUT2D eigenvalue weighted by Crippen LogP contribution is -2.19. The molecule has 2 aromatic carbocycles. The maximum absolute atomic E-state index is 12.4. The molecule has 3 aromatic rings. The number of hydrogen-bond donors (Lipinski definition) is 2. The van der Waals surface area contributed by atoms with E-state index in [2.05, 4.69) is 10.3 Å². The number of halogens is 2. The molecule has 0 radical (unpaired) electrons. The number of methoxy groups -OCH3 is 1. The Morgan fingerprint density at radius 3 is 2.75 bits per heavy atom. The molecule has 1 aromatic heterocycles. The molecule has 0 saturated carbocycles. The van der Waals surface area contributed by atoms with Crippen molar-refractivity contribution in [3.05, 3.63) is 74.8 Å². The van der Waals surface area contributed by atoms with Crippen molar-refractivity contribution in [1.82, 2.24) is 5.32 Å². The molecule has 1 aliphatic heterocycles. The van der Waals surface area contributed by atoms with E-state index < -0.39 is 5.97 Å². The van der Waals surface area contributed by atoms with Crippen molar-refractivity contribution in [3.8, 4) is 17.1 Å². The van der Waals surface area contributed by atoms with Gasteiger partial charge in [0, 0.05) is 16.7 Å². The fourth-order valence-electron chi connectivity index (χ4n) is 2.90. The molecule has 32 heavy (non-hydrogen) atoms. The zero-order chi connectivity index (χ0) is 22.8. The Kier molecular flexibility index (Phi) is 6.27. The normalized spacial score (nSPS) is 15.9. The van der Waals surface area contributed by atoms with Gasteiger partial charge in [-0.2, -0.15) is 0 Å². The number of carboxylic acids is 1. The van der Waals surface area contributed by atoms with Gasteiger partial charge in [0.05, 0.1) is 22.6 Å². The molecule has 2 N–H and O–H groups in total. The van der Waals surface area contributed by atoms with Gasteiger partial charge in [0.1, 0.15) is 23.0 Å². The van der Waals surface area contributed by atoms with Crippen LogP contribution in [0.3, 0.4) is 0 Å². The van der Waals surface area contributed by atoms with Crippen LogP contribution >= 0.6 is 35.0 Å². The number of ether oxygens (including phenoxy) is 1. The van der Waals surface area contributed by atoms with Crippen LogP contribution in [0, 0.1) is 0 Å². The number of amidine groups is 1. The molecule has 1 aliphatic rings. The van der Waals surface area contributed by atoms with Gasteiger partial charge >= 0.3 is 5.97 Å². The summed E-state index contributed by atoms with van der Waals surface area (Å²) in [5.74, 6) is -0.0723. The molecular weight excluding hydrogens is 475 g/mol. The number of amides is 1. The molecule has 2 heterocycles. The van der Waals surface area contributed by atoms with Crippen LogP contribution in [0.15, 0.2) is 62.8 Å². The second kappa shape index (κ2) is 9.12. The summed E-state index contributed by atoms with van der Waals surface area (Å²) in [5, 5.41) is 12.9. The molecule has 10 heteroatoms. The van der Waals surface area contributed by atoms with Crippen LogP contribution in [0.4, 0.5) is 5.69 Å². The second-order valence-corrected chi connectivity index (χ2v) is 8.37. The van der Waals surface area contributed by atoms with Gasteiger partial charge in [0.15, 0.2) is 5.17 Å². The van der Waals surface area contributed by atoms with Crippen molar-refractivity contribution < 1.29 is 23.8 Å². The average Bonchev–Trinajstić information content (AvgIpc) is 3.35. The highest BCUT2D eigenvalue weighted by Crippen LogP contribution is 2.34. The van der Waals surface area contributed by atoms with E-state index in [-0.39, 0.29) is 16.5 Å². The maximum atomic E-state index is 12.4. The van der Waals surface area contributed by atoms with Crippen molar-refractivity contribution in [3.63, 3.8) is 0 Å². The molecule has 1 amide bonds. The molecule has 0 aliphatic carbocycles. The van der Waals surface area contributed by atoms with E-state index in [1.54, 1.807) is 42.5 Å². The summed E-state index contributed by atoms with van der Waals surface area (Å²) < 4.78 is 11.1. The van der Waals surface area contributed by atoms with Gasteiger partial charge in [0.2, 0.25) is 0 Å². The molecule has 0 unspecified atom stereocenters. The molecule has 0 bridgehead atoms. The third kappa shape index (κ3) is 4.67. The first-order chi connectivity index (χ1) is 15.3. The lowest BCUT2D eigenvalue weighted by atomic mass is 10.1. The number of thioether (sulfide) groups is 1. The SMILES string of the molecule is COc1ccc(Cl)cc1N=C1NC(=O)/C(=C/c2ccc(-c3ccc(Cl)c(C(=O)O)c3)o2)S1. The largest absolute Gasteiger partial charge is 0.494 e. The Morgan fingerprint density at radius 2 is 2.00 bits per heavy atom. The van der Waals surface area contributed by atoms with E-state index in [1.807, 2.05) is 0 Å². The van der Waals surface area contributed by atoms with E-state index >= 15 is 0 Å². The monoisotopic (exact) mass is 488 g/mol. The van der Waals surface area contributed by atoms with Crippen LogP contribution in [0.2, 0.25) is 10.0 Å². The van der Waals surface area contributed by atoms with Crippen LogP contribution in [-0.2, 0) is 4.79 Å². The average molecular weight is 489 g/mol. The van der Waals surface area contributed by atoms with Crippen LogP contribution in [-0.4, -0.2) is 29.3 Å². The predicted octanol–water partition coefficient (Wildman–Crippen LogP) is 5.85. The third-order valence-corrected chi connectivity index (χ3v) is 5.87. The van der Waals surface area contributed by atoms with Crippen molar-refractivity contribution >= 4 is 63.8 Å². The van der Waals surface area contributed by atoms with E-state index in [1.165, 1.54) is 19.2 Å². The Bertz CT molecular complexity index is 1300. The summed E-state index contributed by atoms with van der Waals surface area (Å²) in [6.07, 6.45) is 1.58. The van der Waals surface area contributed by atoms with Gasteiger partial charge in [-0.3, -0.25) is 4.79 Å². The van der Waals surface area contributed by atoms with Crippen LogP contribution in [0.5, 0.6) is 5.75 Å². The maximum Gasteiger partial charge on any atom is 0.337 e. The van der Waals surface area contributed by atoms with E-state index in [0.717, 1.165) is 11.8 Å². The van der Waals surface area contributed by atoms with Gasteiger partial charge in [-0.1, -0.05) is 23.2 Å². The van der Waals surface area contributed by atoms with Crippen molar-refractivity contribution in [2.24, 2.45) is 4.99 Å². The van der Waals surface area contributed by atoms with E-state index in [9.17, 15) is 14.7 Å². The summed E-state index contributed by atoms with van der Waals surface area (Å²) in [5.41, 5.74) is 1.01. The number of carboxylic acid groups (broad SMARTS) is 1. The first-order valence-corrected chi connectivity index (χ1v) is 10.7. The van der Waals surface area contributed by atoms with Gasteiger partial charge in [-0.05, 0) is 60.3 Å². The van der Waals surface area contributed by atoms with Crippen LogP contribution in [0.25, 0.3) is 17.4 Å². The number of aliphatic imine (C=N–C) groups is 1. The summed E-state index contributed by atoms with van der Waals surface area (Å²) >= 11 is 13.1. The fraction of sp³-hybridized carbons (Fsp3) is 0.0455. The van der Waals surface area contributed by atoms with E-state index in [4.69, 9.17) is 32.4 Å². The molecule has 0 spiro atoms. The highest BCUT2D eigenvalue weighted by atomic mass is 35.5. The second-order valence-electron chi connectivity index (χ2n) is 6.50. The van der Waals surface area contributed by atoms with Crippen molar-refractivity contribution in [2.45, 2.75) is 0 Å². The minimum Gasteiger partial charge on any atom is -0.494 e. The third-order valence-electron chi connectivity index (χ3n) is 4.40. The van der Waals surface area contributed by atoms with Gasteiger partial charge in [-0.25, -0.2) is 9.79 Å². The first-order valence-electron chi connectivity index (χ1n) is 9.10. The number of hydrogen-bond acceptors (Lipinski definition) is 6. The number of benzene rings is 2. The van der Waals surface area contributed by atoms with Crippen molar-refractivity contribution in [1.29, 1.82) is 0 Å². The minimum atomic E-state index is -1.13. The van der Waals surface area contributed by atoms with Crippen molar-refractivity contribution in [2.75, 3.05) is 7.11 Å². The summed E-state index contributed by atoms with van der Waals surface area (Å²) in [6.45, 7) is 0. The quantitative estimate of drug-likeness (QED) is 0.436. The molecule has 162 valence electrons. The van der Waals surface area contributed by atoms with Crippen LogP contribution in [0.1, 0.15) is 16.1 Å². The predicted molar refractivity (Wildman–Crippen MR) is 125 cm³/mol. The Labute approximate surface area is 196 Å². The number of nitrogens with zero attached hydrogens (tertiary/aromatic N) is 1. The lowest BCUT2D eigenvalue weighted by molar-refractivity contribution is -0.115. The number of nitrogens with one attached hydrogen (secondary N) is 1. The number of carbonyl (C=O) groups excluding carboxylic acids is 1. The molecule has 0 atom stereocenters. The number of aromatic carboxylic acids is 1. The lowest BCUT2D eigenvalue weighted by Gasteiger charge is -2.04. The zero-order valence-corrected chi connectivity index (χ0v) is 18.7. The summed E-state index contributed by atoms with van der Waals surface area (Å²) in [4.78, 5) is 28.5. The number of rotatable bonds is 5. The minimum absolute atomic E-state index is 0.0245. The van der Waals surface area contributed by atoms with E-state index in [0.29, 0.717) is 43.6 Å². The van der Waals surface area contributed by atoms with Gasteiger partial charge in [-0.15, -0.1) is 0 Å². The number of furan rings is 1. The Balaban J connectivity index is 1.58. The Morgan fingerprint density at radius 1 is 1.19 bits per heavy atom. The topological polar surface area (TPSA) is 101 Å². The fourth-order valence-corrected chi connectivity index (χ4v) is 4.08. The first kappa shape index (κ1) is 22.0. The van der Waals surface area contributed by atoms with Gasteiger partial charge < -0.3 is 19.6 Å². The molecule has 1 fully saturated rings. The highest BCUT2D eigenvalue weighted by Gasteiger charge is 2.25. The molecule has 1 saturated heterocycles. The number of carbonyl (C=O) groups is 2. The molecular formula is C22H14Cl2N2O5S. The Hall–Kier alpha value is -3.20. The molecule has 7 nitrogen and oxygen atoms in total. The highest BCUT2D eigenvalue weighted by molar-refractivity contribution is 8.18. The van der Waals surface area contributed by atoms with Crippen LogP contribution < -0.4 is 10.1 Å². The summed E-state index contributed by atoms with van der Waals surface area (Å²) in [7, 11) is 1.52.